The Bertz CT molecular complexity index is 568. The van der Waals surface area contributed by atoms with Crippen LogP contribution in [0.4, 0.5) is 14.5 Å². The van der Waals surface area contributed by atoms with Gasteiger partial charge in [0.25, 0.3) is 0 Å². The SMILES string of the molecule is CC(Nc1cc(Br)c(F)cc1F)c1ccnn1C. The van der Waals surface area contributed by atoms with E-state index in [-0.39, 0.29) is 16.2 Å². The van der Waals surface area contributed by atoms with Gasteiger partial charge in [0.15, 0.2) is 0 Å². The van der Waals surface area contributed by atoms with Gasteiger partial charge >= 0.3 is 0 Å². The Morgan fingerprint density at radius 1 is 1.33 bits per heavy atom. The third-order valence-electron chi connectivity index (χ3n) is 2.68. The second-order valence-corrected chi connectivity index (χ2v) is 4.85. The number of hydrogen-bond acceptors (Lipinski definition) is 2. The molecule has 2 aromatic rings. The minimum Gasteiger partial charge on any atom is -0.375 e. The van der Waals surface area contributed by atoms with E-state index in [4.69, 9.17) is 0 Å². The third-order valence-corrected chi connectivity index (χ3v) is 3.29. The fraction of sp³-hybridized carbons (Fsp3) is 0.250. The van der Waals surface area contributed by atoms with Crippen LogP contribution < -0.4 is 5.32 Å². The van der Waals surface area contributed by atoms with Gasteiger partial charge in [-0.25, -0.2) is 8.78 Å². The molecule has 0 spiro atoms. The topological polar surface area (TPSA) is 29.9 Å². The third kappa shape index (κ3) is 2.53. The molecule has 3 nitrogen and oxygen atoms in total. The van der Waals surface area contributed by atoms with Gasteiger partial charge in [0.1, 0.15) is 11.6 Å². The monoisotopic (exact) mass is 315 g/mol. The van der Waals surface area contributed by atoms with Gasteiger partial charge in [-0.15, -0.1) is 0 Å². The largest absolute Gasteiger partial charge is 0.375 e. The summed E-state index contributed by atoms with van der Waals surface area (Å²) in [5.74, 6) is -1.24. The lowest BCUT2D eigenvalue weighted by molar-refractivity contribution is 0.578. The number of aryl methyl sites for hydroxylation is 1. The maximum atomic E-state index is 13.6. The van der Waals surface area contributed by atoms with Crippen molar-refractivity contribution in [3.05, 3.63) is 46.2 Å². The van der Waals surface area contributed by atoms with Gasteiger partial charge in [-0.1, -0.05) is 0 Å². The second kappa shape index (κ2) is 5.06. The van der Waals surface area contributed by atoms with Gasteiger partial charge in [0, 0.05) is 19.3 Å². The molecule has 0 aliphatic rings. The van der Waals surface area contributed by atoms with E-state index in [1.807, 2.05) is 20.0 Å². The lowest BCUT2D eigenvalue weighted by atomic mass is 10.2. The second-order valence-electron chi connectivity index (χ2n) is 3.99. The molecule has 18 heavy (non-hydrogen) atoms. The van der Waals surface area contributed by atoms with Crippen LogP contribution in [0.5, 0.6) is 0 Å². The Morgan fingerprint density at radius 2 is 2.06 bits per heavy atom. The van der Waals surface area contributed by atoms with Crippen LogP contribution in [0.3, 0.4) is 0 Å². The van der Waals surface area contributed by atoms with Gasteiger partial charge in [-0.3, -0.25) is 4.68 Å². The van der Waals surface area contributed by atoms with Crippen molar-refractivity contribution < 1.29 is 8.78 Å². The molecular weight excluding hydrogens is 304 g/mol. The fourth-order valence-electron chi connectivity index (χ4n) is 1.75. The van der Waals surface area contributed by atoms with E-state index >= 15 is 0 Å². The predicted octanol–water partition coefficient (Wildman–Crippen LogP) is 3.63. The average molecular weight is 316 g/mol. The molecule has 1 aromatic carbocycles. The molecular formula is C12H12BrF2N3. The van der Waals surface area contributed by atoms with E-state index in [2.05, 4.69) is 26.3 Å². The lowest BCUT2D eigenvalue weighted by Gasteiger charge is -2.16. The smallest absolute Gasteiger partial charge is 0.149 e. The Labute approximate surface area is 112 Å². The zero-order valence-corrected chi connectivity index (χ0v) is 11.5. The first-order chi connectivity index (χ1) is 8.49. The van der Waals surface area contributed by atoms with Gasteiger partial charge in [-0.2, -0.15) is 5.10 Å². The maximum Gasteiger partial charge on any atom is 0.149 e. The van der Waals surface area contributed by atoms with E-state index in [0.29, 0.717) is 0 Å². The normalized spacial score (nSPS) is 12.5. The molecule has 1 unspecified atom stereocenters. The molecule has 0 bridgehead atoms. The Kier molecular flexibility index (Phi) is 3.65. The first-order valence-electron chi connectivity index (χ1n) is 5.38. The van der Waals surface area contributed by atoms with Crippen molar-refractivity contribution in [2.24, 2.45) is 7.05 Å². The molecule has 0 amide bonds. The van der Waals surface area contributed by atoms with Crippen LogP contribution in [-0.4, -0.2) is 9.78 Å². The number of nitrogens with one attached hydrogen (secondary N) is 1. The number of halogens is 3. The van der Waals surface area contributed by atoms with E-state index in [9.17, 15) is 8.78 Å². The van der Waals surface area contributed by atoms with E-state index in [1.54, 1.807) is 10.9 Å². The first-order valence-corrected chi connectivity index (χ1v) is 6.17. The summed E-state index contributed by atoms with van der Waals surface area (Å²) in [5.41, 5.74) is 1.16. The van der Waals surface area contributed by atoms with E-state index < -0.39 is 11.6 Å². The number of aromatic nitrogens is 2. The number of anilines is 1. The quantitative estimate of drug-likeness (QED) is 0.876. The minimum atomic E-state index is -0.621. The highest BCUT2D eigenvalue weighted by Crippen LogP contribution is 2.26. The summed E-state index contributed by atoms with van der Waals surface area (Å²) in [4.78, 5) is 0. The molecule has 0 aliphatic heterocycles. The summed E-state index contributed by atoms with van der Waals surface area (Å²) in [7, 11) is 1.81. The maximum absolute atomic E-state index is 13.6. The van der Waals surface area contributed by atoms with Crippen LogP contribution in [0, 0.1) is 11.6 Å². The molecule has 96 valence electrons. The summed E-state index contributed by atoms with van der Waals surface area (Å²) >= 11 is 3.03. The van der Waals surface area contributed by atoms with Crippen molar-refractivity contribution in [1.29, 1.82) is 0 Å². The van der Waals surface area contributed by atoms with Crippen LogP contribution in [0.15, 0.2) is 28.9 Å². The molecule has 6 heteroatoms. The zero-order chi connectivity index (χ0) is 13.3. The number of benzene rings is 1. The van der Waals surface area contributed by atoms with Crippen LogP contribution in [0.2, 0.25) is 0 Å². The fourth-order valence-corrected chi connectivity index (χ4v) is 2.09. The van der Waals surface area contributed by atoms with Crippen molar-refractivity contribution >= 4 is 21.6 Å². The highest BCUT2D eigenvalue weighted by atomic mass is 79.9. The number of rotatable bonds is 3. The van der Waals surface area contributed by atoms with Gasteiger partial charge < -0.3 is 5.32 Å². The van der Waals surface area contributed by atoms with Crippen molar-refractivity contribution in [2.75, 3.05) is 5.32 Å². The van der Waals surface area contributed by atoms with Crippen molar-refractivity contribution in [2.45, 2.75) is 13.0 Å². The molecule has 1 N–H and O–H groups in total. The van der Waals surface area contributed by atoms with Crippen LogP contribution in [0.1, 0.15) is 18.7 Å². The summed E-state index contributed by atoms with van der Waals surface area (Å²) in [6, 6.07) is 3.94. The molecule has 0 saturated carbocycles. The van der Waals surface area contributed by atoms with Crippen LogP contribution in [-0.2, 0) is 7.05 Å². The minimum absolute atomic E-state index is 0.135. The molecule has 0 aliphatic carbocycles. The summed E-state index contributed by atoms with van der Waals surface area (Å²) in [5, 5.41) is 7.04. The van der Waals surface area contributed by atoms with E-state index in [0.717, 1.165) is 11.8 Å². The van der Waals surface area contributed by atoms with E-state index in [1.165, 1.54) is 6.07 Å². The Morgan fingerprint density at radius 3 is 2.67 bits per heavy atom. The molecule has 1 aromatic heterocycles. The van der Waals surface area contributed by atoms with Gasteiger partial charge in [0.05, 0.1) is 21.9 Å². The standard InChI is InChI=1S/C12H12BrF2N3/c1-7(12-3-4-16-18(12)2)17-11-5-8(13)9(14)6-10(11)15/h3-7,17H,1-2H3. The first kappa shape index (κ1) is 13.0. The van der Waals surface area contributed by atoms with Crippen molar-refractivity contribution in [3.63, 3.8) is 0 Å². The summed E-state index contributed by atoms with van der Waals surface area (Å²) in [6.07, 6.45) is 1.67. The zero-order valence-electron chi connectivity index (χ0n) is 9.92. The Hall–Kier alpha value is -1.43. The molecule has 2 rings (SSSR count). The average Bonchev–Trinajstić information content (AvgIpc) is 2.72. The number of nitrogens with zero attached hydrogens (tertiary/aromatic N) is 2. The molecule has 0 fully saturated rings. The summed E-state index contributed by atoms with van der Waals surface area (Å²) in [6.45, 7) is 1.88. The predicted molar refractivity (Wildman–Crippen MR) is 69.3 cm³/mol. The van der Waals surface area contributed by atoms with Crippen molar-refractivity contribution in [1.82, 2.24) is 9.78 Å². The lowest BCUT2D eigenvalue weighted by Crippen LogP contribution is -2.12. The molecule has 0 saturated heterocycles. The molecule has 1 atom stereocenters. The van der Waals surface area contributed by atoms with Crippen LogP contribution in [0.25, 0.3) is 0 Å². The summed E-state index contributed by atoms with van der Waals surface area (Å²) < 4.78 is 28.6. The molecule has 0 radical (unpaired) electrons. The van der Waals surface area contributed by atoms with Gasteiger partial charge in [0.2, 0.25) is 0 Å². The van der Waals surface area contributed by atoms with Gasteiger partial charge in [-0.05, 0) is 35.0 Å². The number of hydrogen-bond donors (Lipinski definition) is 1. The van der Waals surface area contributed by atoms with Crippen LogP contribution >= 0.6 is 15.9 Å². The Balaban J connectivity index is 2.24. The highest BCUT2D eigenvalue weighted by Gasteiger charge is 2.13. The highest BCUT2D eigenvalue weighted by molar-refractivity contribution is 9.10. The van der Waals surface area contributed by atoms with Crippen molar-refractivity contribution in [3.8, 4) is 0 Å². The molecule has 1 heterocycles.